The number of anilines is 1. The summed E-state index contributed by atoms with van der Waals surface area (Å²) in [5.74, 6) is 2.88. The van der Waals surface area contributed by atoms with Crippen LogP contribution in [0.15, 0.2) is 42.5 Å². The Kier molecular flexibility index (Phi) is 3.86. The molecule has 2 aromatic carbocycles. The molecular weight excluding hydrogens is 362 g/mol. The molecule has 1 N–H and O–H groups in total. The molecule has 0 radical (unpaired) electrons. The molecule has 1 saturated carbocycles. The Hall–Kier alpha value is -2.86. The highest BCUT2D eigenvalue weighted by molar-refractivity contribution is 6.31. The Morgan fingerprint density at radius 1 is 1.19 bits per heavy atom. The first-order valence-electron chi connectivity index (χ1n) is 8.96. The van der Waals surface area contributed by atoms with E-state index in [2.05, 4.69) is 15.5 Å². The van der Waals surface area contributed by atoms with E-state index in [1.54, 1.807) is 7.11 Å². The van der Waals surface area contributed by atoms with Crippen molar-refractivity contribution in [2.45, 2.75) is 12.8 Å². The minimum atomic E-state index is 0.650. The van der Waals surface area contributed by atoms with Gasteiger partial charge in [0.15, 0.2) is 11.5 Å². The lowest BCUT2D eigenvalue weighted by molar-refractivity contribution is 0.416. The summed E-state index contributed by atoms with van der Waals surface area (Å²) >= 11 is 6.18. The Morgan fingerprint density at radius 3 is 2.85 bits per heavy atom. The molecule has 1 fully saturated rings. The number of para-hydroxylation sites is 1. The van der Waals surface area contributed by atoms with Gasteiger partial charge in [-0.2, -0.15) is 0 Å². The van der Waals surface area contributed by atoms with E-state index in [1.165, 1.54) is 12.8 Å². The largest absolute Gasteiger partial charge is 0.496 e. The zero-order valence-corrected chi connectivity index (χ0v) is 15.6. The number of nitrogens with one attached hydrogen (secondary N) is 1. The molecule has 2 aromatic heterocycles. The molecule has 5 rings (SSSR count). The molecule has 0 bridgehead atoms. The molecule has 0 unspecified atom stereocenters. The molecule has 6 nitrogen and oxygen atoms in total. The fraction of sp³-hybridized carbons (Fsp3) is 0.250. The smallest absolute Gasteiger partial charge is 0.211 e. The average molecular weight is 380 g/mol. The van der Waals surface area contributed by atoms with Crippen LogP contribution < -0.4 is 10.1 Å². The van der Waals surface area contributed by atoms with Crippen LogP contribution in [0.3, 0.4) is 0 Å². The summed E-state index contributed by atoms with van der Waals surface area (Å²) in [4.78, 5) is 4.82. The van der Waals surface area contributed by atoms with Crippen LogP contribution in [0.5, 0.6) is 5.75 Å². The SMILES string of the molecule is COc1ccccc1-c1nnc2c3ccc(Cl)cc3nc(NCC3CC3)n12. The number of aromatic nitrogens is 4. The summed E-state index contributed by atoms with van der Waals surface area (Å²) < 4.78 is 7.50. The standard InChI is InChI=1S/C20H18ClN5O/c1-27-17-5-3-2-4-15(17)19-25-24-18-14-9-8-13(21)10-16(14)23-20(26(18)19)22-11-12-6-7-12/h2-5,8-10,12H,6-7,11H2,1H3,(H,22,23). The normalized spacial score (nSPS) is 14.0. The summed E-state index contributed by atoms with van der Waals surface area (Å²) in [6.45, 7) is 0.887. The predicted molar refractivity (Wildman–Crippen MR) is 106 cm³/mol. The first-order chi connectivity index (χ1) is 13.2. The molecule has 2 heterocycles. The van der Waals surface area contributed by atoms with Gasteiger partial charge in [-0.15, -0.1) is 10.2 Å². The monoisotopic (exact) mass is 379 g/mol. The van der Waals surface area contributed by atoms with Crippen LogP contribution in [0.4, 0.5) is 5.95 Å². The third-order valence-corrected chi connectivity index (χ3v) is 5.13. The summed E-state index contributed by atoms with van der Waals surface area (Å²) in [7, 11) is 1.66. The average Bonchev–Trinajstić information content (AvgIpc) is 3.42. The maximum atomic E-state index is 6.18. The van der Waals surface area contributed by atoms with Crippen molar-refractivity contribution in [3.63, 3.8) is 0 Å². The number of fused-ring (bicyclic) bond motifs is 3. The molecule has 1 aliphatic rings. The van der Waals surface area contributed by atoms with Gasteiger partial charge in [-0.3, -0.25) is 0 Å². The second-order valence-electron chi connectivity index (χ2n) is 6.80. The number of benzene rings is 2. The van der Waals surface area contributed by atoms with Gasteiger partial charge in [0.2, 0.25) is 5.95 Å². The van der Waals surface area contributed by atoms with Crippen molar-refractivity contribution in [1.82, 2.24) is 19.6 Å². The van der Waals surface area contributed by atoms with Crippen molar-refractivity contribution in [1.29, 1.82) is 0 Å². The molecule has 4 aromatic rings. The lowest BCUT2D eigenvalue weighted by atomic mass is 10.2. The third kappa shape index (κ3) is 2.86. The Balaban J connectivity index is 1.77. The molecule has 27 heavy (non-hydrogen) atoms. The van der Waals surface area contributed by atoms with E-state index in [0.29, 0.717) is 16.8 Å². The topological polar surface area (TPSA) is 64.3 Å². The van der Waals surface area contributed by atoms with E-state index in [-0.39, 0.29) is 0 Å². The van der Waals surface area contributed by atoms with Crippen LogP contribution >= 0.6 is 11.6 Å². The van der Waals surface area contributed by atoms with Crippen molar-refractivity contribution >= 4 is 34.1 Å². The van der Waals surface area contributed by atoms with Gasteiger partial charge < -0.3 is 10.1 Å². The lowest BCUT2D eigenvalue weighted by Crippen LogP contribution is -2.10. The highest BCUT2D eigenvalue weighted by Gasteiger charge is 2.23. The molecule has 0 aliphatic heterocycles. The molecule has 7 heteroatoms. The van der Waals surface area contributed by atoms with E-state index >= 15 is 0 Å². The number of rotatable bonds is 5. The van der Waals surface area contributed by atoms with Crippen LogP contribution in [-0.2, 0) is 0 Å². The zero-order chi connectivity index (χ0) is 18.4. The van der Waals surface area contributed by atoms with Gasteiger partial charge in [0.1, 0.15) is 5.75 Å². The van der Waals surface area contributed by atoms with Crippen LogP contribution in [0.1, 0.15) is 12.8 Å². The van der Waals surface area contributed by atoms with Crippen LogP contribution in [-0.4, -0.2) is 33.2 Å². The number of ether oxygens (including phenoxy) is 1. The number of methoxy groups -OCH3 is 1. The fourth-order valence-electron chi connectivity index (χ4n) is 3.29. The lowest BCUT2D eigenvalue weighted by Gasteiger charge is -2.12. The molecule has 0 saturated heterocycles. The summed E-state index contributed by atoms with van der Waals surface area (Å²) in [5, 5.41) is 14.0. The van der Waals surface area contributed by atoms with E-state index in [4.69, 9.17) is 21.3 Å². The molecule has 1 aliphatic carbocycles. The van der Waals surface area contributed by atoms with Crippen molar-refractivity contribution < 1.29 is 4.74 Å². The summed E-state index contributed by atoms with van der Waals surface area (Å²) in [6, 6.07) is 13.4. The van der Waals surface area contributed by atoms with Crippen LogP contribution in [0.25, 0.3) is 27.9 Å². The van der Waals surface area contributed by atoms with Crippen molar-refractivity contribution in [3.05, 3.63) is 47.5 Å². The number of hydrogen-bond acceptors (Lipinski definition) is 5. The minimum Gasteiger partial charge on any atom is -0.496 e. The van der Waals surface area contributed by atoms with E-state index in [1.807, 2.05) is 46.9 Å². The number of hydrogen-bond donors (Lipinski definition) is 1. The van der Waals surface area contributed by atoms with Crippen molar-refractivity contribution in [2.75, 3.05) is 19.0 Å². The second-order valence-corrected chi connectivity index (χ2v) is 7.24. The van der Waals surface area contributed by atoms with E-state index in [9.17, 15) is 0 Å². The van der Waals surface area contributed by atoms with E-state index < -0.39 is 0 Å². The Morgan fingerprint density at radius 2 is 2.04 bits per heavy atom. The van der Waals surface area contributed by atoms with Crippen molar-refractivity contribution in [2.24, 2.45) is 5.92 Å². The van der Waals surface area contributed by atoms with Gasteiger partial charge in [0.25, 0.3) is 0 Å². The third-order valence-electron chi connectivity index (χ3n) is 4.90. The quantitative estimate of drug-likeness (QED) is 0.555. The summed E-state index contributed by atoms with van der Waals surface area (Å²) in [5.41, 5.74) is 2.42. The Bertz CT molecular complexity index is 1150. The molecular formula is C20H18ClN5O. The predicted octanol–water partition coefficient (Wildman–Crippen LogP) is 4.43. The van der Waals surface area contributed by atoms with Crippen LogP contribution in [0, 0.1) is 5.92 Å². The fourth-order valence-corrected chi connectivity index (χ4v) is 3.46. The molecule has 136 valence electrons. The van der Waals surface area contributed by atoms with Gasteiger partial charge in [0, 0.05) is 17.0 Å². The highest BCUT2D eigenvalue weighted by Crippen LogP contribution is 2.33. The first kappa shape index (κ1) is 16.3. The maximum Gasteiger partial charge on any atom is 0.211 e. The van der Waals surface area contributed by atoms with Gasteiger partial charge >= 0.3 is 0 Å². The second kappa shape index (κ2) is 6.39. The van der Waals surface area contributed by atoms with E-state index in [0.717, 1.165) is 40.4 Å². The van der Waals surface area contributed by atoms with Crippen LogP contribution in [0.2, 0.25) is 5.02 Å². The van der Waals surface area contributed by atoms with Gasteiger partial charge in [-0.1, -0.05) is 23.7 Å². The molecule has 0 spiro atoms. The van der Waals surface area contributed by atoms with Gasteiger partial charge in [-0.25, -0.2) is 9.38 Å². The zero-order valence-electron chi connectivity index (χ0n) is 14.8. The van der Waals surface area contributed by atoms with Gasteiger partial charge in [-0.05, 0) is 49.1 Å². The number of halogens is 1. The number of nitrogens with zero attached hydrogens (tertiary/aromatic N) is 4. The van der Waals surface area contributed by atoms with Crippen molar-refractivity contribution in [3.8, 4) is 17.1 Å². The van der Waals surface area contributed by atoms with Gasteiger partial charge in [0.05, 0.1) is 18.2 Å². The summed E-state index contributed by atoms with van der Waals surface area (Å²) in [6.07, 6.45) is 2.52. The highest BCUT2D eigenvalue weighted by atomic mass is 35.5. The Labute approximate surface area is 161 Å². The maximum absolute atomic E-state index is 6.18. The minimum absolute atomic E-state index is 0.650. The molecule has 0 amide bonds. The molecule has 0 atom stereocenters. The first-order valence-corrected chi connectivity index (χ1v) is 9.34.